The van der Waals surface area contributed by atoms with Crippen molar-refractivity contribution < 1.29 is 19.0 Å². The van der Waals surface area contributed by atoms with Gasteiger partial charge in [-0.25, -0.2) is 5.43 Å². The minimum atomic E-state index is -0.349. The van der Waals surface area contributed by atoms with Crippen LogP contribution in [0, 0.1) is 0 Å². The molecule has 0 bridgehead atoms. The zero-order valence-electron chi connectivity index (χ0n) is 14.6. The van der Waals surface area contributed by atoms with Crippen LogP contribution in [0.25, 0.3) is 0 Å². The Kier molecular flexibility index (Phi) is 6.83. The minimum absolute atomic E-state index is 0.113. The van der Waals surface area contributed by atoms with Crippen LogP contribution in [-0.4, -0.2) is 32.9 Å². The highest BCUT2D eigenvalue weighted by molar-refractivity contribution is 5.86. The summed E-state index contributed by atoms with van der Waals surface area (Å²) in [5, 5.41) is 3.93. The normalized spacial score (nSPS) is 10.5. The van der Waals surface area contributed by atoms with E-state index in [4.69, 9.17) is 14.2 Å². The number of amides is 1. The first-order valence-electron chi connectivity index (χ1n) is 7.92. The summed E-state index contributed by atoms with van der Waals surface area (Å²) in [6.45, 7) is 1.97. The van der Waals surface area contributed by atoms with Crippen molar-refractivity contribution >= 4 is 12.1 Å². The Morgan fingerprint density at radius 2 is 1.80 bits per heavy atom. The Balaban J connectivity index is 1.87. The molecule has 0 aliphatic rings. The first kappa shape index (κ1) is 18.3. The summed E-state index contributed by atoms with van der Waals surface area (Å²) in [5.74, 6) is 1.60. The fraction of sp³-hybridized carbons (Fsp3) is 0.263. The van der Waals surface area contributed by atoms with Crippen LogP contribution in [-0.2, 0) is 11.2 Å². The van der Waals surface area contributed by atoms with E-state index < -0.39 is 0 Å². The Labute approximate surface area is 147 Å². The lowest BCUT2D eigenvalue weighted by molar-refractivity contribution is -0.123. The van der Waals surface area contributed by atoms with Gasteiger partial charge >= 0.3 is 0 Å². The number of nitrogens with one attached hydrogen (secondary N) is 1. The minimum Gasteiger partial charge on any atom is -0.497 e. The van der Waals surface area contributed by atoms with Gasteiger partial charge in [-0.3, -0.25) is 4.79 Å². The molecule has 1 N–H and O–H groups in total. The van der Waals surface area contributed by atoms with Crippen LogP contribution >= 0.6 is 0 Å². The molecule has 0 fully saturated rings. The van der Waals surface area contributed by atoms with Gasteiger partial charge in [0.15, 0.2) is 6.61 Å². The second kappa shape index (κ2) is 9.32. The SMILES string of the molecule is CCc1ccc(OCC(=O)NN=Cc2cc(OC)ccc2OC)cc1. The van der Waals surface area contributed by atoms with Crippen LogP contribution in [0.1, 0.15) is 18.1 Å². The number of nitrogens with zero attached hydrogens (tertiary/aromatic N) is 1. The number of carbonyl (C=O) groups excluding carboxylic acids is 1. The first-order chi connectivity index (χ1) is 12.2. The molecule has 1 amide bonds. The molecule has 25 heavy (non-hydrogen) atoms. The molecule has 6 nitrogen and oxygen atoms in total. The van der Waals surface area contributed by atoms with E-state index >= 15 is 0 Å². The lowest BCUT2D eigenvalue weighted by Crippen LogP contribution is -2.24. The van der Waals surface area contributed by atoms with Crippen molar-refractivity contribution in [3.8, 4) is 17.2 Å². The van der Waals surface area contributed by atoms with Crippen molar-refractivity contribution in [2.75, 3.05) is 20.8 Å². The Bertz CT molecular complexity index is 727. The number of hydrogen-bond donors (Lipinski definition) is 1. The van der Waals surface area contributed by atoms with Gasteiger partial charge in [0.05, 0.1) is 20.4 Å². The molecule has 0 spiro atoms. The number of methoxy groups -OCH3 is 2. The highest BCUT2D eigenvalue weighted by Crippen LogP contribution is 2.22. The van der Waals surface area contributed by atoms with Gasteiger partial charge in [0.1, 0.15) is 17.2 Å². The predicted octanol–water partition coefficient (Wildman–Crippen LogP) is 2.80. The van der Waals surface area contributed by atoms with Crippen LogP contribution in [0.15, 0.2) is 47.6 Å². The maximum Gasteiger partial charge on any atom is 0.277 e. The number of rotatable bonds is 8. The molecular weight excluding hydrogens is 320 g/mol. The van der Waals surface area contributed by atoms with E-state index in [0.717, 1.165) is 6.42 Å². The third-order valence-corrected chi connectivity index (χ3v) is 3.53. The second-order valence-electron chi connectivity index (χ2n) is 5.19. The largest absolute Gasteiger partial charge is 0.497 e. The molecule has 0 radical (unpaired) electrons. The van der Waals surface area contributed by atoms with Gasteiger partial charge in [-0.2, -0.15) is 5.10 Å². The number of ether oxygens (including phenoxy) is 3. The summed E-state index contributed by atoms with van der Waals surface area (Å²) in [4.78, 5) is 11.8. The fourth-order valence-corrected chi connectivity index (χ4v) is 2.12. The number of benzene rings is 2. The maximum atomic E-state index is 11.8. The summed E-state index contributed by atoms with van der Waals surface area (Å²) < 4.78 is 15.8. The van der Waals surface area contributed by atoms with Crippen molar-refractivity contribution in [3.05, 3.63) is 53.6 Å². The highest BCUT2D eigenvalue weighted by Gasteiger charge is 2.04. The van der Waals surface area contributed by atoms with E-state index in [-0.39, 0.29) is 12.5 Å². The van der Waals surface area contributed by atoms with E-state index in [0.29, 0.717) is 22.8 Å². The van der Waals surface area contributed by atoms with Crippen LogP contribution in [0.3, 0.4) is 0 Å². The van der Waals surface area contributed by atoms with Gasteiger partial charge in [0.25, 0.3) is 5.91 Å². The third-order valence-electron chi connectivity index (χ3n) is 3.53. The number of hydrogen-bond acceptors (Lipinski definition) is 5. The molecule has 2 rings (SSSR count). The molecule has 0 aliphatic carbocycles. The van der Waals surface area contributed by atoms with E-state index in [9.17, 15) is 4.79 Å². The zero-order chi connectivity index (χ0) is 18.1. The summed E-state index contributed by atoms with van der Waals surface area (Å²) in [5.41, 5.74) is 4.33. The van der Waals surface area contributed by atoms with Crippen LogP contribution in [0.4, 0.5) is 0 Å². The molecule has 0 unspecified atom stereocenters. The fourth-order valence-electron chi connectivity index (χ4n) is 2.12. The van der Waals surface area contributed by atoms with E-state index in [1.807, 2.05) is 24.3 Å². The standard InChI is InChI=1S/C19H22N2O4/c1-4-14-5-7-16(8-6-14)25-13-19(22)21-20-12-15-11-17(23-2)9-10-18(15)24-3/h5-12H,4,13H2,1-3H3,(H,21,22). The van der Waals surface area contributed by atoms with E-state index in [2.05, 4.69) is 17.5 Å². The monoisotopic (exact) mass is 342 g/mol. The summed E-state index contributed by atoms with van der Waals surface area (Å²) in [6.07, 6.45) is 2.46. The molecule has 0 aliphatic heterocycles. The smallest absolute Gasteiger partial charge is 0.277 e. The molecule has 0 heterocycles. The van der Waals surface area contributed by atoms with Gasteiger partial charge < -0.3 is 14.2 Å². The Morgan fingerprint density at radius 1 is 1.08 bits per heavy atom. The van der Waals surface area contributed by atoms with Crippen LogP contribution in [0.2, 0.25) is 0 Å². The van der Waals surface area contributed by atoms with Gasteiger partial charge in [-0.05, 0) is 42.3 Å². The second-order valence-corrected chi connectivity index (χ2v) is 5.19. The van der Waals surface area contributed by atoms with E-state index in [1.54, 1.807) is 32.4 Å². The molecule has 0 aromatic heterocycles. The van der Waals surface area contributed by atoms with Crippen LogP contribution in [0.5, 0.6) is 17.2 Å². The average Bonchev–Trinajstić information content (AvgIpc) is 2.66. The maximum absolute atomic E-state index is 11.8. The summed E-state index contributed by atoms with van der Waals surface area (Å²) in [6, 6.07) is 13.0. The van der Waals surface area contributed by atoms with Gasteiger partial charge in [-0.1, -0.05) is 19.1 Å². The quantitative estimate of drug-likeness (QED) is 0.592. The highest BCUT2D eigenvalue weighted by atomic mass is 16.5. The van der Waals surface area contributed by atoms with Gasteiger partial charge in [0, 0.05) is 5.56 Å². The third kappa shape index (κ3) is 5.53. The summed E-state index contributed by atoms with van der Waals surface area (Å²) in [7, 11) is 3.14. The molecule has 0 saturated heterocycles. The Hall–Kier alpha value is -3.02. The molecule has 0 atom stereocenters. The van der Waals surface area contributed by atoms with Gasteiger partial charge in [-0.15, -0.1) is 0 Å². The molecular formula is C19H22N2O4. The topological polar surface area (TPSA) is 69.2 Å². The van der Waals surface area contributed by atoms with Crippen molar-refractivity contribution in [2.24, 2.45) is 5.10 Å². The van der Waals surface area contributed by atoms with Crippen LogP contribution < -0.4 is 19.6 Å². The van der Waals surface area contributed by atoms with Crippen molar-refractivity contribution in [3.63, 3.8) is 0 Å². The van der Waals surface area contributed by atoms with Crippen molar-refractivity contribution in [2.45, 2.75) is 13.3 Å². The number of aryl methyl sites for hydroxylation is 1. The predicted molar refractivity (Wildman–Crippen MR) is 96.6 cm³/mol. The molecule has 6 heteroatoms. The van der Waals surface area contributed by atoms with E-state index in [1.165, 1.54) is 11.8 Å². The first-order valence-corrected chi connectivity index (χ1v) is 7.92. The summed E-state index contributed by atoms with van der Waals surface area (Å²) >= 11 is 0. The lowest BCUT2D eigenvalue weighted by Gasteiger charge is -2.07. The Morgan fingerprint density at radius 3 is 2.44 bits per heavy atom. The lowest BCUT2D eigenvalue weighted by atomic mass is 10.2. The average molecular weight is 342 g/mol. The van der Waals surface area contributed by atoms with Gasteiger partial charge in [0.2, 0.25) is 0 Å². The molecule has 0 saturated carbocycles. The number of carbonyl (C=O) groups is 1. The molecule has 132 valence electrons. The number of hydrazone groups is 1. The molecule has 2 aromatic rings. The van der Waals surface area contributed by atoms with Crippen molar-refractivity contribution in [1.82, 2.24) is 5.43 Å². The zero-order valence-corrected chi connectivity index (χ0v) is 14.6. The van der Waals surface area contributed by atoms with Crippen molar-refractivity contribution in [1.29, 1.82) is 0 Å². The molecule has 2 aromatic carbocycles.